The Labute approximate surface area is 175 Å². The standard InChI is InChI=1S/C19H24N7O2.ClH/c1-25-6-3-4-13(11-25)12-26-19(21)17(10-23-26)24-16-9-18(28-2)14(20)8-15(16)22-5-7-27;/h3-4,6,8-11,20,22,27H,5,7,12,21H2,1-2H3;1H/q+1;/p-1. The predicted molar refractivity (Wildman–Crippen MR) is 106 cm³/mol. The van der Waals surface area contributed by atoms with Gasteiger partial charge in [0.25, 0.3) is 0 Å². The number of nitrogens with one attached hydrogen (secondary N) is 2. The minimum absolute atomic E-state index is 0. The number of nitrogens with zero attached hydrogens (tertiary/aromatic N) is 4. The Morgan fingerprint density at radius 3 is 2.90 bits per heavy atom. The zero-order chi connectivity index (χ0) is 20.1. The number of hydrogen-bond acceptors (Lipinski definition) is 7. The van der Waals surface area contributed by atoms with Crippen LogP contribution in [0.25, 0.3) is 0 Å². The van der Waals surface area contributed by atoms with Crippen molar-refractivity contribution in [3.63, 3.8) is 0 Å². The fourth-order valence-electron chi connectivity index (χ4n) is 2.81. The minimum Gasteiger partial charge on any atom is -1.00 e. The number of allylic oxidation sites excluding steroid dienone is 2. The first-order valence-electron chi connectivity index (χ1n) is 8.77. The number of rotatable bonds is 7. The molecule has 9 nitrogen and oxygen atoms in total. The second kappa shape index (κ2) is 9.85. The highest BCUT2D eigenvalue weighted by Crippen LogP contribution is 2.24. The van der Waals surface area contributed by atoms with Crippen molar-refractivity contribution in [3.8, 4) is 0 Å². The van der Waals surface area contributed by atoms with Gasteiger partial charge in [0, 0.05) is 24.3 Å². The third-order valence-corrected chi connectivity index (χ3v) is 4.18. The normalized spacial score (nSPS) is 14.9. The van der Waals surface area contributed by atoms with E-state index < -0.39 is 0 Å². The number of hydrogen-bond donors (Lipinski definition) is 4. The maximum Gasteiger partial charge on any atom is 0.173 e. The van der Waals surface area contributed by atoms with Crippen LogP contribution in [0, 0.1) is 5.41 Å². The van der Waals surface area contributed by atoms with E-state index in [4.69, 9.17) is 21.0 Å². The summed E-state index contributed by atoms with van der Waals surface area (Å²) in [6.45, 7) is 0.835. The number of nitrogen functional groups attached to an aromatic ring is 1. The van der Waals surface area contributed by atoms with Crippen LogP contribution < -0.4 is 28.0 Å². The Morgan fingerprint density at radius 1 is 1.41 bits per heavy atom. The number of aliphatic imine (C=N–C) groups is 1. The number of aryl methyl sites for hydroxylation is 1. The predicted octanol–water partition coefficient (Wildman–Crippen LogP) is -2.56. The van der Waals surface area contributed by atoms with Gasteiger partial charge in [-0.3, -0.25) is 5.41 Å². The molecule has 10 heteroatoms. The second-order valence-corrected chi connectivity index (χ2v) is 6.28. The van der Waals surface area contributed by atoms with E-state index in [1.807, 2.05) is 36.1 Å². The third kappa shape index (κ3) is 5.21. The van der Waals surface area contributed by atoms with Crippen molar-refractivity contribution in [2.45, 2.75) is 6.54 Å². The summed E-state index contributed by atoms with van der Waals surface area (Å²) in [5.74, 6) is 0.838. The molecule has 29 heavy (non-hydrogen) atoms. The lowest BCUT2D eigenvalue weighted by molar-refractivity contribution is -0.671. The molecular formula is C19H24ClN7O2. The molecule has 0 aliphatic heterocycles. The van der Waals surface area contributed by atoms with Crippen molar-refractivity contribution in [2.75, 3.05) is 26.0 Å². The molecule has 1 aliphatic rings. The van der Waals surface area contributed by atoms with Crippen molar-refractivity contribution in [2.24, 2.45) is 12.0 Å². The van der Waals surface area contributed by atoms with Crippen molar-refractivity contribution >= 4 is 22.9 Å². The zero-order valence-corrected chi connectivity index (χ0v) is 17.0. The molecule has 2 heterocycles. The van der Waals surface area contributed by atoms with Crippen LogP contribution in [0.4, 0.5) is 11.5 Å². The first kappa shape index (κ1) is 22.1. The number of halogens is 1. The number of nitrogens with two attached hydrogens (primary N) is 1. The highest BCUT2D eigenvalue weighted by molar-refractivity contribution is 6.22. The molecule has 0 atom stereocenters. The van der Waals surface area contributed by atoms with Gasteiger partial charge < -0.3 is 33.3 Å². The maximum absolute atomic E-state index is 9.09. The average Bonchev–Trinajstić information content (AvgIpc) is 3.01. The molecule has 2 aromatic rings. The summed E-state index contributed by atoms with van der Waals surface area (Å²) in [6, 6.07) is 3.97. The second-order valence-electron chi connectivity index (χ2n) is 6.28. The molecule has 0 amide bonds. The molecule has 0 bridgehead atoms. The number of aliphatic hydroxyl groups excluding tert-OH is 1. The minimum atomic E-state index is -0.0343. The van der Waals surface area contributed by atoms with E-state index in [2.05, 4.69) is 15.4 Å². The first-order valence-corrected chi connectivity index (χ1v) is 8.77. The molecule has 3 rings (SSSR count). The van der Waals surface area contributed by atoms with Gasteiger partial charge >= 0.3 is 0 Å². The number of aliphatic hydroxyl groups is 1. The van der Waals surface area contributed by atoms with E-state index in [9.17, 15) is 0 Å². The Hall–Kier alpha value is -3.17. The summed E-state index contributed by atoms with van der Waals surface area (Å²) >= 11 is 0. The Morgan fingerprint density at radius 2 is 2.21 bits per heavy atom. The van der Waals surface area contributed by atoms with Crippen LogP contribution in [0.5, 0.6) is 0 Å². The van der Waals surface area contributed by atoms with Gasteiger partial charge in [0.1, 0.15) is 24.3 Å². The fourth-order valence-corrected chi connectivity index (χ4v) is 2.81. The van der Waals surface area contributed by atoms with E-state index in [0.717, 1.165) is 5.56 Å². The molecular weight excluding hydrogens is 394 g/mol. The van der Waals surface area contributed by atoms with Gasteiger partial charge in [0.15, 0.2) is 12.4 Å². The van der Waals surface area contributed by atoms with E-state index in [-0.39, 0.29) is 24.7 Å². The highest BCUT2D eigenvalue weighted by Gasteiger charge is 2.18. The Kier molecular flexibility index (Phi) is 7.52. The zero-order valence-electron chi connectivity index (χ0n) is 16.3. The van der Waals surface area contributed by atoms with Crippen molar-refractivity contribution in [3.05, 3.63) is 59.9 Å². The summed E-state index contributed by atoms with van der Waals surface area (Å²) in [7, 11) is 3.46. The van der Waals surface area contributed by atoms with Crippen LogP contribution in [0.3, 0.4) is 0 Å². The van der Waals surface area contributed by atoms with Crippen LogP contribution in [-0.2, 0) is 18.3 Å². The molecule has 0 saturated carbocycles. The van der Waals surface area contributed by atoms with Crippen LogP contribution in [0.15, 0.2) is 59.3 Å². The van der Waals surface area contributed by atoms with Crippen molar-refractivity contribution in [1.82, 2.24) is 15.1 Å². The number of ether oxygens (including phenoxy) is 1. The van der Waals surface area contributed by atoms with Gasteiger partial charge in [-0.2, -0.15) is 5.10 Å². The smallest absolute Gasteiger partial charge is 0.173 e. The molecule has 1 aliphatic carbocycles. The monoisotopic (exact) mass is 417 g/mol. The average molecular weight is 418 g/mol. The first-order chi connectivity index (χ1) is 13.5. The lowest BCUT2D eigenvalue weighted by atomic mass is 10.1. The van der Waals surface area contributed by atoms with Gasteiger partial charge in [0.2, 0.25) is 0 Å². The van der Waals surface area contributed by atoms with E-state index in [1.54, 1.807) is 23.0 Å². The number of methoxy groups -OCH3 is 1. The fraction of sp³-hybridized carbons (Fsp3) is 0.263. The van der Waals surface area contributed by atoms with Crippen molar-refractivity contribution < 1.29 is 26.8 Å². The quantitative estimate of drug-likeness (QED) is 0.291. The van der Waals surface area contributed by atoms with E-state index in [0.29, 0.717) is 41.8 Å². The molecule has 0 spiro atoms. The number of aromatic nitrogens is 3. The van der Waals surface area contributed by atoms with Crippen LogP contribution in [-0.4, -0.2) is 46.6 Å². The highest BCUT2D eigenvalue weighted by atomic mass is 35.5. The van der Waals surface area contributed by atoms with Gasteiger partial charge in [-0.05, 0) is 12.1 Å². The van der Waals surface area contributed by atoms with Gasteiger partial charge in [-0.1, -0.05) is 0 Å². The molecule has 5 N–H and O–H groups in total. The van der Waals surface area contributed by atoms with Crippen LogP contribution in [0.1, 0.15) is 5.56 Å². The third-order valence-electron chi connectivity index (χ3n) is 4.18. The molecule has 0 unspecified atom stereocenters. The maximum atomic E-state index is 9.09. The van der Waals surface area contributed by atoms with Crippen LogP contribution in [0.2, 0.25) is 0 Å². The Balaban J connectivity index is 0.00000300. The van der Waals surface area contributed by atoms with E-state index >= 15 is 0 Å². The summed E-state index contributed by atoms with van der Waals surface area (Å²) in [6.07, 6.45) is 8.84. The summed E-state index contributed by atoms with van der Waals surface area (Å²) < 4.78 is 8.88. The largest absolute Gasteiger partial charge is 1.00 e. The summed E-state index contributed by atoms with van der Waals surface area (Å²) in [5.41, 5.74) is 9.24. The molecule has 0 radical (unpaired) electrons. The molecule has 154 valence electrons. The lowest BCUT2D eigenvalue weighted by Gasteiger charge is -2.17. The molecule has 2 aromatic heterocycles. The van der Waals surface area contributed by atoms with Crippen LogP contribution >= 0.6 is 0 Å². The number of pyridine rings is 1. The number of anilines is 1. The SMILES string of the molecule is COC1=CC(=Nc2cnn(Cc3ccc[n+](C)c3)c2N)C(NCCO)=CC1=N.[Cl-]. The molecule has 0 saturated heterocycles. The molecule has 0 aromatic carbocycles. The Bertz CT molecular complexity index is 979. The van der Waals surface area contributed by atoms with Gasteiger partial charge in [-0.15, -0.1) is 0 Å². The summed E-state index contributed by atoms with van der Waals surface area (Å²) in [4.78, 5) is 4.60. The molecule has 0 fully saturated rings. The van der Waals surface area contributed by atoms with Gasteiger partial charge in [-0.25, -0.2) is 14.2 Å². The lowest BCUT2D eigenvalue weighted by Crippen LogP contribution is -3.00. The van der Waals surface area contributed by atoms with Crippen molar-refractivity contribution in [1.29, 1.82) is 5.41 Å². The topological polar surface area (TPSA) is 125 Å². The van der Waals surface area contributed by atoms with Gasteiger partial charge in [0.05, 0.1) is 43.6 Å². The van der Waals surface area contributed by atoms with E-state index in [1.165, 1.54) is 7.11 Å². The summed E-state index contributed by atoms with van der Waals surface area (Å²) in [5, 5.41) is 24.5.